The molecular weight excluding hydrogens is 370 g/mol. The van der Waals surface area contributed by atoms with Gasteiger partial charge in [-0.3, -0.25) is 0 Å². The van der Waals surface area contributed by atoms with E-state index < -0.39 is 0 Å². The van der Waals surface area contributed by atoms with Gasteiger partial charge in [0.2, 0.25) is 0 Å². The first-order chi connectivity index (χ1) is 13.9. The van der Waals surface area contributed by atoms with Crippen LogP contribution in [0.5, 0.6) is 5.75 Å². The third-order valence-corrected chi connectivity index (χ3v) is 5.41. The summed E-state index contributed by atoms with van der Waals surface area (Å²) in [6.45, 7) is 16.1. The van der Waals surface area contributed by atoms with Gasteiger partial charge in [-0.25, -0.2) is 0 Å². The van der Waals surface area contributed by atoms with Gasteiger partial charge in [-0.1, -0.05) is 77.1 Å². The topological polar surface area (TPSA) is 18.5 Å². The van der Waals surface area contributed by atoms with E-state index in [4.69, 9.17) is 9.47 Å². The largest absolute Gasteiger partial charge is 0.465 e. The number of hydrogen-bond donors (Lipinski definition) is 0. The van der Waals surface area contributed by atoms with E-state index in [1.807, 2.05) is 6.92 Å². The Bertz CT molecular complexity index is 758. The summed E-state index contributed by atoms with van der Waals surface area (Å²) in [7, 11) is 4.47. The van der Waals surface area contributed by atoms with Crippen LogP contribution in [-0.2, 0) is 16.7 Å². The molecule has 3 nitrogen and oxygen atoms in total. The summed E-state index contributed by atoms with van der Waals surface area (Å²) in [5, 5.41) is 0. The van der Waals surface area contributed by atoms with Gasteiger partial charge in [-0.05, 0) is 41.9 Å². The molecule has 0 saturated carbocycles. The summed E-state index contributed by atoms with van der Waals surface area (Å²) in [4.78, 5) is 0. The van der Waals surface area contributed by atoms with Crippen molar-refractivity contribution in [3.63, 3.8) is 0 Å². The van der Waals surface area contributed by atoms with E-state index in [1.54, 1.807) is 0 Å². The minimum Gasteiger partial charge on any atom is -0.465 e. The molecule has 0 bridgehead atoms. The van der Waals surface area contributed by atoms with Gasteiger partial charge in [-0.2, -0.15) is 0 Å². The fraction of sp³-hybridized carbons (Fsp3) is 0.556. The van der Waals surface area contributed by atoms with Crippen molar-refractivity contribution in [1.29, 1.82) is 0 Å². The van der Waals surface area contributed by atoms with E-state index in [9.17, 15) is 0 Å². The molecule has 0 aliphatic heterocycles. The molecule has 30 heavy (non-hydrogen) atoms. The number of likely N-dealkylation sites (N-methyl/N-ethyl adjacent to an activating group) is 1. The summed E-state index contributed by atoms with van der Waals surface area (Å²) in [6.07, 6.45) is 0.867. The van der Waals surface area contributed by atoms with E-state index >= 15 is 0 Å². The molecule has 2 aromatic carbocycles. The lowest BCUT2D eigenvalue weighted by Crippen LogP contribution is -2.42. The van der Waals surface area contributed by atoms with Gasteiger partial charge < -0.3 is 14.0 Å². The molecule has 1 unspecified atom stereocenters. The van der Waals surface area contributed by atoms with Crippen molar-refractivity contribution in [2.75, 3.05) is 27.2 Å². The van der Waals surface area contributed by atoms with Crippen LogP contribution in [0.15, 0.2) is 54.6 Å². The highest BCUT2D eigenvalue weighted by atomic mass is 16.7. The molecule has 0 heterocycles. The Morgan fingerprint density at radius 1 is 0.867 bits per heavy atom. The number of rotatable bonds is 10. The Morgan fingerprint density at radius 3 is 2.03 bits per heavy atom. The first kappa shape index (κ1) is 24.4. The van der Waals surface area contributed by atoms with E-state index in [0.29, 0.717) is 12.0 Å². The van der Waals surface area contributed by atoms with Gasteiger partial charge in [-0.15, -0.1) is 0 Å². The molecule has 0 spiro atoms. The van der Waals surface area contributed by atoms with Crippen molar-refractivity contribution >= 4 is 0 Å². The van der Waals surface area contributed by atoms with Crippen LogP contribution >= 0.6 is 0 Å². The van der Waals surface area contributed by atoms with Crippen molar-refractivity contribution in [3.05, 3.63) is 65.7 Å². The van der Waals surface area contributed by atoms with Crippen LogP contribution in [-0.4, -0.2) is 38.0 Å². The molecule has 0 fully saturated rings. The monoisotopic (exact) mass is 412 g/mol. The summed E-state index contributed by atoms with van der Waals surface area (Å²) < 4.78 is 12.8. The van der Waals surface area contributed by atoms with Crippen LogP contribution in [0.25, 0.3) is 0 Å². The van der Waals surface area contributed by atoms with E-state index in [2.05, 4.69) is 103 Å². The van der Waals surface area contributed by atoms with Crippen LogP contribution in [0.2, 0.25) is 0 Å². The number of quaternary nitrogens is 1. The zero-order valence-electron chi connectivity index (χ0n) is 20.4. The molecule has 2 rings (SSSR count). The van der Waals surface area contributed by atoms with Gasteiger partial charge in [0.25, 0.3) is 0 Å². The first-order valence-corrected chi connectivity index (χ1v) is 11.1. The average molecular weight is 413 g/mol. The fourth-order valence-electron chi connectivity index (χ4n) is 4.26. The van der Waals surface area contributed by atoms with Crippen LogP contribution in [0.3, 0.4) is 0 Å². The maximum absolute atomic E-state index is 5.99. The Kier molecular flexibility index (Phi) is 8.13. The first-order valence-electron chi connectivity index (χ1n) is 11.1. The van der Waals surface area contributed by atoms with Gasteiger partial charge in [0.05, 0.1) is 20.7 Å². The van der Waals surface area contributed by atoms with Crippen LogP contribution in [0.4, 0.5) is 0 Å². The second-order valence-corrected chi connectivity index (χ2v) is 11.0. The van der Waals surface area contributed by atoms with Gasteiger partial charge in [0.1, 0.15) is 18.8 Å². The molecule has 0 aromatic heterocycles. The van der Waals surface area contributed by atoms with Crippen molar-refractivity contribution in [1.82, 2.24) is 0 Å². The molecule has 0 saturated heterocycles. The molecule has 166 valence electrons. The highest BCUT2D eigenvalue weighted by Gasteiger charge is 2.27. The van der Waals surface area contributed by atoms with Crippen molar-refractivity contribution in [3.8, 4) is 5.75 Å². The van der Waals surface area contributed by atoms with E-state index in [0.717, 1.165) is 29.7 Å². The summed E-state index contributed by atoms with van der Waals surface area (Å²) in [5.74, 6) is 0.857. The molecule has 0 radical (unpaired) electrons. The third-order valence-electron chi connectivity index (χ3n) is 5.41. The van der Waals surface area contributed by atoms with Gasteiger partial charge in [0, 0.05) is 5.56 Å². The highest BCUT2D eigenvalue weighted by Crippen LogP contribution is 2.36. The molecule has 3 heteroatoms. The highest BCUT2D eigenvalue weighted by molar-refractivity contribution is 5.31. The van der Waals surface area contributed by atoms with E-state index in [1.165, 1.54) is 11.1 Å². The van der Waals surface area contributed by atoms with Crippen molar-refractivity contribution in [2.45, 2.75) is 66.2 Å². The second kappa shape index (κ2) is 9.98. The summed E-state index contributed by atoms with van der Waals surface area (Å²) in [5.41, 5.74) is 3.13. The van der Waals surface area contributed by atoms with Crippen molar-refractivity contribution < 1.29 is 14.0 Å². The molecule has 0 N–H and O–H groups in total. The Balaban J connectivity index is 1.81. The summed E-state index contributed by atoms with van der Waals surface area (Å²) in [6, 6.07) is 19.1. The number of ether oxygens (including phenoxy) is 2. The maximum Gasteiger partial charge on any atom is 0.197 e. The van der Waals surface area contributed by atoms with E-state index in [-0.39, 0.29) is 11.7 Å². The molecule has 2 aromatic rings. The minimum absolute atomic E-state index is 0.140. The lowest BCUT2D eigenvalue weighted by molar-refractivity contribution is -0.904. The Labute approximate surface area is 184 Å². The number of hydrogen-bond acceptors (Lipinski definition) is 2. The normalized spacial score (nSPS) is 13.9. The van der Waals surface area contributed by atoms with Crippen LogP contribution in [0, 0.1) is 5.41 Å². The standard InChI is InChI=1S/C27H42NO2/c1-22(29-19-18-28(7,8)20-23-12-10-9-11-13-23)30-25-16-14-24(15-17-25)27(5,6)21-26(2,3)4/h9-17,22H,18-21H2,1-8H3/q+1. The smallest absolute Gasteiger partial charge is 0.197 e. The quantitative estimate of drug-likeness (QED) is 0.331. The lowest BCUT2D eigenvalue weighted by atomic mass is 9.72. The molecule has 1 atom stereocenters. The predicted molar refractivity (Wildman–Crippen MR) is 127 cm³/mol. The Morgan fingerprint density at radius 2 is 1.47 bits per heavy atom. The van der Waals surface area contributed by atoms with Crippen LogP contribution < -0.4 is 4.74 Å². The SMILES string of the molecule is CC(OCC[N+](C)(C)Cc1ccccc1)Oc1ccc(C(C)(C)CC(C)(C)C)cc1. The zero-order chi connectivity index (χ0) is 22.4. The van der Waals surface area contributed by atoms with Gasteiger partial charge in [0.15, 0.2) is 6.29 Å². The Hall–Kier alpha value is -1.84. The average Bonchev–Trinajstić information content (AvgIpc) is 2.60. The fourth-order valence-corrected chi connectivity index (χ4v) is 4.26. The number of nitrogens with zero attached hydrogens (tertiary/aromatic N) is 1. The van der Waals surface area contributed by atoms with Gasteiger partial charge >= 0.3 is 0 Å². The molecule has 0 aliphatic rings. The second-order valence-electron chi connectivity index (χ2n) is 11.0. The molecular formula is C27H42NO2+. The molecule has 0 amide bonds. The van der Waals surface area contributed by atoms with Crippen LogP contribution in [0.1, 0.15) is 59.1 Å². The maximum atomic E-state index is 5.99. The predicted octanol–water partition coefficient (Wildman–Crippen LogP) is 6.42. The third kappa shape index (κ3) is 8.49. The van der Waals surface area contributed by atoms with Crippen molar-refractivity contribution in [2.24, 2.45) is 5.41 Å². The molecule has 0 aliphatic carbocycles. The minimum atomic E-state index is -0.268. The lowest BCUT2D eigenvalue weighted by Gasteiger charge is -2.33. The number of benzene rings is 2. The zero-order valence-corrected chi connectivity index (χ0v) is 20.4. The summed E-state index contributed by atoms with van der Waals surface area (Å²) >= 11 is 0.